The van der Waals surface area contributed by atoms with E-state index in [4.69, 9.17) is 10.5 Å². The molecule has 0 spiro atoms. The topological polar surface area (TPSA) is 75.9 Å². The van der Waals surface area contributed by atoms with Crippen molar-refractivity contribution in [3.8, 4) is 0 Å². The molecular weight excluding hydrogens is 246 g/mol. The van der Waals surface area contributed by atoms with Crippen LogP contribution in [0, 0.1) is 0 Å². The average Bonchev–Trinajstić information content (AvgIpc) is 2.35. The normalized spacial score (nSPS) is 10.9. The van der Waals surface area contributed by atoms with Gasteiger partial charge in [-0.1, -0.05) is 0 Å². The van der Waals surface area contributed by atoms with E-state index < -0.39 is 0 Å². The van der Waals surface area contributed by atoms with E-state index in [1.54, 1.807) is 23.8 Å². The van der Waals surface area contributed by atoms with Crippen molar-refractivity contribution in [1.82, 2.24) is 9.80 Å². The van der Waals surface area contributed by atoms with Crippen molar-refractivity contribution in [2.45, 2.75) is 33.2 Å². The molecule has 0 aliphatic heterocycles. The summed E-state index contributed by atoms with van der Waals surface area (Å²) in [5.41, 5.74) is 5.42. The molecule has 0 rings (SSSR count). The van der Waals surface area contributed by atoms with E-state index in [1.807, 2.05) is 13.8 Å². The summed E-state index contributed by atoms with van der Waals surface area (Å²) in [5.74, 6) is -0.306. The van der Waals surface area contributed by atoms with Gasteiger partial charge in [0.05, 0.1) is 19.7 Å². The Morgan fingerprint density at radius 2 is 1.89 bits per heavy atom. The molecule has 0 aliphatic rings. The first kappa shape index (κ1) is 17.9. The number of amides is 1. The molecule has 2 N–H and O–H groups in total. The molecule has 0 fully saturated rings. The van der Waals surface area contributed by atoms with Crippen LogP contribution in [-0.4, -0.2) is 67.6 Å². The van der Waals surface area contributed by atoms with E-state index in [2.05, 4.69) is 0 Å². The Labute approximate surface area is 115 Å². The van der Waals surface area contributed by atoms with E-state index in [1.165, 1.54) is 0 Å². The molecule has 0 atom stereocenters. The number of ether oxygens (including phenoxy) is 1. The molecule has 1 amide bonds. The molecule has 6 heteroatoms. The second-order valence-electron chi connectivity index (χ2n) is 4.76. The van der Waals surface area contributed by atoms with Crippen LogP contribution in [0.3, 0.4) is 0 Å². The van der Waals surface area contributed by atoms with Crippen LogP contribution in [0.25, 0.3) is 0 Å². The molecule has 0 bridgehead atoms. The third kappa shape index (κ3) is 7.79. The van der Waals surface area contributed by atoms with Gasteiger partial charge in [-0.15, -0.1) is 0 Å². The lowest BCUT2D eigenvalue weighted by Crippen LogP contribution is -2.44. The van der Waals surface area contributed by atoms with E-state index in [0.29, 0.717) is 19.7 Å². The number of nitrogens with zero attached hydrogens (tertiary/aromatic N) is 2. The third-order valence-corrected chi connectivity index (χ3v) is 2.83. The lowest BCUT2D eigenvalue weighted by molar-refractivity contribution is -0.145. The smallest absolute Gasteiger partial charge is 0.320 e. The molecule has 0 radical (unpaired) electrons. The standard InChI is InChI=1S/C13H27N3O3/c1-5-19-13(18)10-16(11(2)3)9-12(17)15(4)8-6-7-14/h11H,5-10,14H2,1-4H3. The maximum Gasteiger partial charge on any atom is 0.320 e. The average molecular weight is 273 g/mol. The molecular formula is C13H27N3O3. The van der Waals surface area contributed by atoms with Gasteiger partial charge >= 0.3 is 5.97 Å². The van der Waals surface area contributed by atoms with Gasteiger partial charge in [0.2, 0.25) is 5.91 Å². The summed E-state index contributed by atoms with van der Waals surface area (Å²) in [4.78, 5) is 26.9. The summed E-state index contributed by atoms with van der Waals surface area (Å²) < 4.78 is 4.91. The Balaban J connectivity index is 4.33. The summed E-state index contributed by atoms with van der Waals surface area (Å²) in [5, 5.41) is 0. The van der Waals surface area contributed by atoms with Crippen LogP contribution in [0.1, 0.15) is 27.2 Å². The minimum atomic E-state index is -0.298. The molecule has 0 aromatic carbocycles. The quantitative estimate of drug-likeness (QED) is 0.602. The van der Waals surface area contributed by atoms with Gasteiger partial charge in [0.1, 0.15) is 0 Å². The van der Waals surface area contributed by atoms with Crippen molar-refractivity contribution < 1.29 is 14.3 Å². The van der Waals surface area contributed by atoms with Gasteiger partial charge in [-0.25, -0.2) is 0 Å². The van der Waals surface area contributed by atoms with Crippen molar-refractivity contribution in [3.05, 3.63) is 0 Å². The molecule has 6 nitrogen and oxygen atoms in total. The largest absolute Gasteiger partial charge is 0.465 e. The minimum Gasteiger partial charge on any atom is -0.465 e. The SMILES string of the molecule is CCOC(=O)CN(CC(=O)N(C)CCCN)C(C)C. The first-order chi connectivity index (χ1) is 8.92. The first-order valence-corrected chi connectivity index (χ1v) is 6.76. The minimum absolute atomic E-state index is 0.00792. The Morgan fingerprint density at radius 1 is 1.26 bits per heavy atom. The van der Waals surface area contributed by atoms with Gasteiger partial charge in [-0.3, -0.25) is 14.5 Å². The highest BCUT2D eigenvalue weighted by Gasteiger charge is 2.19. The van der Waals surface area contributed by atoms with E-state index in [9.17, 15) is 9.59 Å². The van der Waals surface area contributed by atoms with Gasteiger partial charge in [0.25, 0.3) is 0 Å². The molecule has 112 valence electrons. The van der Waals surface area contributed by atoms with Crippen LogP contribution in [0.5, 0.6) is 0 Å². The summed E-state index contributed by atoms with van der Waals surface area (Å²) >= 11 is 0. The van der Waals surface area contributed by atoms with Crippen LogP contribution in [-0.2, 0) is 14.3 Å². The zero-order chi connectivity index (χ0) is 14.8. The van der Waals surface area contributed by atoms with Gasteiger partial charge in [0, 0.05) is 19.6 Å². The summed E-state index contributed by atoms with van der Waals surface area (Å²) in [7, 11) is 1.75. The second-order valence-corrected chi connectivity index (χ2v) is 4.76. The first-order valence-electron chi connectivity index (χ1n) is 6.76. The predicted octanol–water partition coefficient (Wildman–Crippen LogP) is 0.0671. The van der Waals surface area contributed by atoms with Crippen molar-refractivity contribution in [3.63, 3.8) is 0 Å². The number of likely N-dealkylation sites (N-methyl/N-ethyl adjacent to an activating group) is 1. The van der Waals surface area contributed by atoms with Gasteiger partial charge < -0.3 is 15.4 Å². The van der Waals surface area contributed by atoms with Crippen LogP contribution >= 0.6 is 0 Å². The highest BCUT2D eigenvalue weighted by Crippen LogP contribution is 2.01. The zero-order valence-electron chi connectivity index (χ0n) is 12.5. The monoisotopic (exact) mass is 273 g/mol. The van der Waals surface area contributed by atoms with Gasteiger partial charge in [0.15, 0.2) is 0 Å². The maximum absolute atomic E-state index is 12.0. The number of rotatable bonds is 9. The lowest BCUT2D eigenvalue weighted by Gasteiger charge is -2.27. The number of hydrogen-bond acceptors (Lipinski definition) is 5. The van der Waals surface area contributed by atoms with E-state index in [-0.39, 0.29) is 31.0 Å². The fraction of sp³-hybridized carbons (Fsp3) is 0.846. The molecule has 0 heterocycles. The summed E-state index contributed by atoms with van der Waals surface area (Å²) in [6.07, 6.45) is 0.780. The third-order valence-electron chi connectivity index (χ3n) is 2.83. The van der Waals surface area contributed by atoms with Crippen molar-refractivity contribution in [1.29, 1.82) is 0 Å². The fourth-order valence-electron chi connectivity index (χ4n) is 1.54. The maximum atomic E-state index is 12.0. The van der Waals surface area contributed by atoms with Gasteiger partial charge in [-0.2, -0.15) is 0 Å². The molecule has 0 aromatic heterocycles. The number of carbonyl (C=O) groups is 2. The Morgan fingerprint density at radius 3 is 2.37 bits per heavy atom. The number of esters is 1. The van der Waals surface area contributed by atoms with Crippen LogP contribution < -0.4 is 5.73 Å². The Hall–Kier alpha value is -1.14. The van der Waals surface area contributed by atoms with Gasteiger partial charge in [-0.05, 0) is 33.7 Å². The number of nitrogens with two attached hydrogens (primary N) is 1. The molecule has 0 saturated heterocycles. The Kier molecular flexibility index (Phi) is 9.16. The second kappa shape index (κ2) is 9.75. The summed E-state index contributed by atoms with van der Waals surface area (Å²) in [6, 6.07) is 0.108. The number of carbonyl (C=O) groups excluding carboxylic acids is 2. The Bertz CT molecular complexity index is 282. The molecule has 0 aromatic rings. The van der Waals surface area contributed by atoms with Crippen molar-refractivity contribution in [2.24, 2.45) is 5.73 Å². The van der Waals surface area contributed by atoms with Crippen LogP contribution in [0.4, 0.5) is 0 Å². The molecule has 0 aliphatic carbocycles. The molecule has 0 saturated carbocycles. The lowest BCUT2D eigenvalue weighted by atomic mass is 10.3. The highest BCUT2D eigenvalue weighted by molar-refractivity contribution is 5.79. The highest BCUT2D eigenvalue weighted by atomic mass is 16.5. The van der Waals surface area contributed by atoms with Crippen LogP contribution in [0.2, 0.25) is 0 Å². The predicted molar refractivity (Wildman–Crippen MR) is 74.7 cm³/mol. The summed E-state index contributed by atoms with van der Waals surface area (Å²) in [6.45, 7) is 7.59. The molecule has 0 unspecified atom stereocenters. The molecule has 19 heavy (non-hydrogen) atoms. The van der Waals surface area contributed by atoms with Crippen LogP contribution in [0.15, 0.2) is 0 Å². The fourth-order valence-corrected chi connectivity index (χ4v) is 1.54. The van der Waals surface area contributed by atoms with E-state index >= 15 is 0 Å². The zero-order valence-corrected chi connectivity index (χ0v) is 12.5. The van der Waals surface area contributed by atoms with Crippen molar-refractivity contribution >= 4 is 11.9 Å². The van der Waals surface area contributed by atoms with E-state index in [0.717, 1.165) is 6.42 Å². The number of hydrogen-bond donors (Lipinski definition) is 1. The van der Waals surface area contributed by atoms with Crippen molar-refractivity contribution in [2.75, 3.05) is 39.8 Å².